The van der Waals surface area contributed by atoms with Crippen molar-refractivity contribution in [1.82, 2.24) is 14.4 Å². The number of fused-ring (bicyclic) bond motifs is 1. The van der Waals surface area contributed by atoms with Crippen LogP contribution in [0.25, 0.3) is 5.65 Å². The van der Waals surface area contributed by atoms with E-state index in [1.807, 2.05) is 31.2 Å². The van der Waals surface area contributed by atoms with Gasteiger partial charge in [0.05, 0.1) is 22.6 Å². The summed E-state index contributed by atoms with van der Waals surface area (Å²) in [5, 5.41) is 0.857. The van der Waals surface area contributed by atoms with Crippen LogP contribution >= 0.6 is 11.8 Å². The van der Waals surface area contributed by atoms with Crippen LogP contribution in [-0.4, -0.2) is 14.4 Å². The van der Waals surface area contributed by atoms with Gasteiger partial charge in [-0.25, -0.2) is 9.97 Å². The van der Waals surface area contributed by atoms with Gasteiger partial charge in [0.15, 0.2) is 0 Å². The first-order chi connectivity index (χ1) is 10.1. The van der Waals surface area contributed by atoms with Crippen LogP contribution in [0.2, 0.25) is 0 Å². The summed E-state index contributed by atoms with van der Waals surface area (Å²) in [4.78, 5) is 20.9. The summed E-state index contributed by atoms with van der Waals surface area (Å²) in [6.45, 7) is 1.94. The number of aromatic nitrogens is 3. The van der Waals surface area contributed by atoms with Crippen molar-refractivity contribution < 1.29 is 0 Å². The molecule has 3 rings (SSSR count). The van der Waals surface area contributed by atoms with Crippen molar-refractivity contribution in [3.63, 3.8) is 0 Å². The van der Waals surface area contributed by atoms with Crippen LogP contribution in [0.5, 0.6) is 0 Å². The Labute approximate surface area is 125 Å². The fraction of sp³-hybridized carbons (Fsp3) is 0.133. The number of rotatable bonds is 3. The lowest BCUT2D eigenvalue weighted by Gasteiger charge is -2.06. The Bertz CT molecular complexity index is 842. The monoisotopic (exact) mass is 298 g/mol. The van der Waals surface area contributed by atoms with Gasteiger partial charge < -0.3 is 5.73 Å². The lowest BCUT2D eigenvalue weighted by molar-refractivity contribution is 0.999. The van der Waals surface area contributed by atoms with Crippen LogP contribution in [0.1, 0.15) is 11.3 Å². The van der Waals surface area contributed by atoms with Gasteiger partial charge in [0, 0.05) is 18.0 Å². The number of nitrogens with zero attached hydrogens (tertiary/aromatic N) is 3. The van der Waals surface area contributed by atoms with Gasteiger partial charge in [-0.1, -0.05) is 6.07 Å². The first-order valence-corrected chi connectivity index (χ1v) is 7.44. The number of anilines is 1. The second-order valence-electron chi connectivity index (χ2n) is 4.69. The molecule has 0 aromatic carbocycles. The van der Waals surface area contributed by atoms with E-state index in [9.17, 15) is 4.79 Å². The number of nitrogen functional groups attached to an aromatic ring is 1. The van der Waals surface area contributed by atoms with Crippen LogP contribution in [0, 0.1) is 6.92 Å². The van der Waals surface area contributed by atoms with E-state index in [0.717, 1.165) is 16.3 Å². The van der Waals surface area contributed by atoms with Crippen molar-refractivity contribution in [2.45, 2.75) is 17.7 Å². The molecule has 21 heavy (non-hydrogen) atoms. The Kier molecular flexibility index (Phi) is 3.62. The average molecular weight is 298 g/mol. The molecule has 0 saturated heterocycles. The van der Waals surface area contributed by atoms with Gasteiger partial charge in [0.2, 0.25) is 0 Å². The van der Waals surface area contributed by atoms with E-state index in [1.165, 1.54) is 11.8 Å². The fourth-order valence-electron chi connectivity index (χ4n) is 2.01. The van der Waals surface area contributed by atoms with E-state index in [4.69, 9.17) is 5.73 Å². The number of aryl methyl sites for hydroxylation is 1. The van der Waals surface area contributed by atoms with Gasteiger partial charge in [-0.05, 0) is 30.7 Å². The zero-order chi connectivity index (χ0) is 14.8. The molecule has 0 aliphatic carbocycles. The number of nitrogens with two attached hydrogens (primary N) is 1. The maximum Gasteiger partial charge on any atom is 0.258 e. The van der Waals surface area contributed by atoms with Crippen LogP contribution in [0.4, 0.5) is 5.69 Å². The molecule has 0 unspecified atom stereocenters. The van der Waals surface area contributed by atoms with Crippen LogP contribution < -0.4 is 11.3 Å². The van der Waals surface area contributed by atoms with Gasteiger partial charge in [-0.2, -0.15) is 0 Å². The topological polar surface area (TPSA) is 73.3 Å². The SMILES string of the molecule is Cc1cccn2c(=O)cc(CSc3ccc(N)cn3)nc12. The lowest BCUT2D eigenvalue weighted by atomic mass is 10.3. The zero-order valence-electron chi connectivity index (χ0n) is 11.5. The van der Waals surface area contributed by atoms with Crippen LogP contribution in [0.15, 0.2) is 52.5 Å². The van der Waals surface area contributed by atoms with Gasteiger partial charge in [-0.15, -0.1) is 11.8 Å². The summed E-state index contributed by atoms with van der Waals surface area (Å²) in [6, 6.07) is 9.02. The molecular formula is C15H14N4OS. The molecule has 6 heteroatoms. The molecule has 106 valence electrons. The molecule has 0 aliphatic heterocycles. The standard InChI is InChI=1S/C15H14N4OS/c1-10-3-2-6-19-14(20)7-12(18-15(10)19)9-21-13-5-4-11(16)8-17-13/h2-8H,9,16H2,1H3. The van der Waals surface area contributed by atoms with Gasteiger partial charge in [0.25, 0.3) is 5.56 Å². The molecule has 2 N–H and O–H groups in total. The second-order valence-corrected chi connectivity index (χ2v) is 5.68. The van der Waals surface area contributed by atoms with E-state index in [2.05, 4.69) is 9.97 Å². The first-order valence-electron chi connectivity index (χ1n) is 6.46. The molecule has 0 fully saturated rings. The van der Waals surface area contributed by atoms with Gasteiger partial charge in [-0.3, -0.25) is 9.20 Å². The van der Waals surface area contributed by atoms with Crippen LogP contribution in [0.3, 0.4) is 0 Å². The molecule has 3 aromatic heterocycles. The highest BCUT2D eigenvalue weighted by Crippen LogP contribution is 2.20. The Morgan fingerprint density at radius 1 is 1.33 bits per heavy atom. The van der Waals surface area contributed by atoms with Crippen molar-refractivity contribution >= 4 is 23.1 Å². The number of thioether (sulfide) groups is 1. The van der Waals surface area contributed by atoms with Crippen molar-refractivity contribution in [3.8, 4) is 0 Å². The highest BCUT2D eigenvalue weighted by atomic mass is 32.2. The lowest BCUT2D eigenvalue weighted by Crippen LogP contribution is -2.15. The minimum absolute atomic E-state index is 0.0652. The van der Waals surface area contributed by atoms with E-state index >= 15 is 0 Å². The summed E-state index contributed by atoms with van der Waals surface area (Å²) >= 11 is 1.53. The Morgan fingerprint density at radius 2 is 2.19 bits per heavy atom. The van der Waals surface area contributed by atoms with Crippen LogP contribution in [-0.2, 0) is 5.75 Å². The molecular weight excluding hydrogens is 284 g/mol. The maximum atomic E-state index is 12.1. The second kappa shape index (κ2) is 5.57. The minimum atomic E-state index is -0.0652. The molecule has 0 amide bonds. The number of pyridine rings is 2. The zero-order valence-corrected chi connectivity index (χ0v) is 12.3. The smallest absolute Gasteiger partial charge is 0.258 e. The molecule has 0 bridgehead atoms. The summed E-state index contributed by atoms with van der Waals surface area (Å²) in [5.41, 5.74) is 8.60. The van der Waals surface area contributed by atoms with Gasteiger partial charge in [0.1, 0.15) is 5.65 Å². The quantitative estimate of drug-likeness (QED) is 0.751. The van der Waals surface area contributed by atoms with Gasteiger partial charge >= 0.3 is 0 Å². The molecule has 3 aromatic rings. The molecule has 0 saturated carbocycles. The number of hydrogen-bond donors (Lipinski definition) is 1. The number of hydrogen-bond acceptors (Lipinski definition) is 5. The van der Waals surface area contributed by atoms with E-state index < -0.39 is 0 Å². The molecule has 0 radical (unpaired) electrons. The molecule has 0 aliphatic rings. The largest absolute Gasteiger partial charge is 0.397 e. The molecule has 5 nitrogen and oxygen atoms in total. The molecule has 3 heterocycles. The highest BCUT2D eigenvalue weighted by Gasteiger charge is 2.05. The fourth-order valence-corrected chi connectivity index (χ4v) is 2.74. The Hall–Kier alpha value is -2.34. The Morgan fingerprint density at radius 3 is 2.95 bits per heavy atom. The van der Waals surface area contributed by atoms with Crippen molar-refractivity contribution in [2.24, 2.45) is 0 Å². The third-order valence-corrected chi connectivity index (χ3v) is 4.04. The third kappa shape index (κ3) is 2.90. The average Bonchev–Trinajstić information content (AvgIpc) is 2.48. The summed E-state index contributed by atoms with van der Waals surface area (Å²) in [5.74, 6) is 0.594. The third-order valence-electron chi connectivity index (χ3n) is 3.07. The van der Waals surface area contributed by atoms with E-state index in [-0.39, 0.29) is 5.56 Å². The van der Waals surface area contributed by atoms with Crippen molar-refractivity contribution in [1.29, 1.82) is 0 Å². The molecule has 0 spiro atoms. The van der Waals surface area contributed by atoms with E-state index in [1.54, 1.807) is 22.9 Å². The minimum Gasteiger partial charge on any atom is -0.397 e. The molecule has 0 atom stereocenters. The summed E-state index contributed by atoms with van der Waals surface area (Å²) in [6.07, 6.45) is 3.35. The summed E-state index contributed by atoms with van der Waals surface area (Å²) in [7, 11) is 0. The summed E-state index contributed by atoms with van der Waals surface area (Å²) < 4.78 is 1.56. The predicted molar refractivity (Wildman–Crippen MR) is 84.4 cm³/mol. The predicted octanol–water partition coefficient (Wildman–Crippen LogP) is 2.27. The normalized spacial score (nSPS) is 10.9. The van der Waals surface area contributed by atoms with Crippen molar-refractivity contribution in [2.75, 3.05) is 5.73 Å². The van der Waals surface area contributed by atoms with E-state index in [0.29, 0.717) is 17.1 Å². The van der Waals surface area contributed by atoms with Crippen molar-refractivity contribution in [3.05, 3.63) is 64.3 Å². The maximum absolute atomic E-state index is 12.1. The Balaban J connectivity index is 1.89. The highest BCUT2D eigenvalue weighted by molar-refractivity contribution is 7.98. The first kappa shape index (κ1) is 13.6.